The highest BCUT2D eigenvalue weighted by atomic mass is 16.3. The van der Waals surface area contributed by atoms with Gasteiger partial charge in [0.05, 0.1) is 6.61 Å². The lowest BCUT2D eigenvalue weighted by Crippen LogP contribution is -2.23. The number of aliphatic hydroxyl groups is 1. The molecule has 3 nitrogen and oxygen atoms in total. The number of para-hydroxylation sites is 1. The van der Waals surface area contributed by atoms with Gasteiger partial charge in [-0.2, -0.15) is 0 Å². The molecule has 1 fully saturated rings. The fourth-order valence-corrected chi connectivity index (χ4v) is 2.38. The van der Waals surface area contributed by atoms with Crippen LogP contribution in [-0.2, 0) is 0 Å². The number of anilines is 1. The molecule has 16 heavy (non-hydrogen) atoms. The molecule has 0 aromatic heterocycles. The van der Waals surface area contributed by atoms with Crippen molar-refractivity contribution in [3.63, 3.8) is 0 Å². The molecule has 1 saturated heterocycles. The summed E-state index contributed by atoms with van der Waals surface area (Å²) < 4.78 is 0. The molecule has 1 aliphatic heterocycles. The molecule has 0 bridgehead atoms. The van der Waals surface area contributed by atoms with Gasteiger partial charge in [0.1, 0.15) is 0 Å². The van der Waals surface area contributed by atoms with Gasteiger partial charge >= 0.3 is 0 Å². The normalized spacial score (nSPS) is 17.8. The maximum Gasteiger partial charge on any atom is 0.0512 e. The lowest BCUT2D eigenvalue weighted by molar-refractivity contribution is 0.268. The minimum Gasteiger partial charge on any atom is -0.396 e. The zero-order valence-corrected chi connectivity index (χ0v) is 9.60. The van der Waals surface area contributed by atoms with Gasteiger partial charge in [-0.05, 0) is 24.5 Å². The van der Waals surface area contributed by atoms with Crippen molar-refractivity contribution in [1.29, 1.82) is 0 Å². The highest BCUT2D eigenvalue weighted by Gasteiger charge is 2.19. The molecule has 1 aromatic rings. The van der Waals surface area contributed by atoms with Crippen LogP contribution in [0, 0.1) is 0 Å². The molecular weight excluding hydrogens is 200 g/mol. The first-order chi connectivity index (χ1) is 7.86. The minimum absolute atomic E-state index is 0.0665. The highest BCUT2D eigenvalue weighted by Crippen LogP contribution is 2.29. The van der Waals surface area contributed by atoms with Crippen LogP contribution in [0.1, 0.15) is 24.3 Å². The van der Waals surface area contributed by atoms with Crippen LogP contribution in [0.5, 0.6) is 0 Å². The van der Waals surface area contributed by atoms with Crippen molar-refractivity contribution < 1.29 is 5.11 Å². The Morgan fingerprint density at radius 2 is 1.94 bits per heavy atom. The Morgan fingerprint density at radius 1 is 1.25 bits per heavy atom. The van der Waals surface area contributed by atoms with Crippen molar-refractivity contribution in [3.05, 3.63) is 29.8 Å². The van der Waals surface area contributed by atoms with Crippen LogP contribution >= 0.6 is 0 Å². The lowest BCUT2D eigenvalue weighted by Gasteiger charge is -2.24. The number of nitrogens with zero attached hydrogens (tertiary/aromatic N) is 1. The van der Waals surface area contributed by atoms with E-state index in [0.717, 1.165) is 13.1 Å². The minimum atomic E-state index is 0.0665. The van der Waals surface area contributed by atoms with Gasteiger partial charge in [-0.3, -0.25) is 0 Å². The predicted octanol–water partition coefficient (Wildman–Crippen LogP) is 1.32. The Hall–Kier alpha value is -1.06. The fourth-order valence-electron chi connectivity index (χ4n) is 2.38. The summed E-state index contributed by atoms with van der Waals surface area (Å²) in [5, 5.41) is 9.35. The third-order valence-corrected chi connectivity index (χ3v) is 3.33. The molecule has 2 rings (SSSR count). The van der Waals surface area contributed by atoms with E-state index in [2.05, 4.69) is 23.1 Å². The van der Waals surface area contributed by atoms with E-state index in [1.165, 1.54) is 24.1 Å². The van der Waals surface area contributed by atoms with Crippen LogP contribution < -0.4 is 10.6 Å². The van der Waals surface area contributed by atoms with Gasteiger partial charge in [0, 0.05) is 31.2 Å². The summed E-state index contributed by atoms with van der Waals surface area (Å²) >= 11 is 0. The summed E-state index contributed by atoms with van der Waals surface area (Å²) in [7, 11) is 0. The third kappa shape index (κ3) is 2.20. The zero-order chi connectivity index (χ0) is 11.4. The smallest absolute Gasteiger partial charge is 0.0512 e. The Bertz CT molecular complexity index is 309. The van der Waals surface area contributed by atoms with Gasteiger partial charge < -0.3 is 15.7 Å². The van der Waals surface area contributed by atoms with E-state index in [9.17, 15) is 5.11 Å². The molecule has 88 valence electrons. The van der Waals surface area contributed by atoms with Gasteiger partial charge in [0.2, 0.25) is 0 Å². The molecule has 0 amide bonds. The highest BCUT2D eigenvalue weighted by molar-refractivity contribution is 5.56. The number of aliphatic hydroxyl groups excluding tert-OH is 1. The Balaban J connectivity index is 2.28. The summed E-state index contributed by atoms with van der Waals surface area (Å²) in [6.45, 7) is 2.88. The SMILES string of the molecule is NCC(CO)c1ccccc1N1CCCC1. The molecule has 1 unspecified atom stereocenters. The predicted molar refractivity (Wildman–Crippen MR) is 66.8 cm³/mol. The van der Waals surface area contributed by atoms with Gasteiger partial charge in [-0.15, -0.1) is 0 Å². The number of nitrogens with two attached hydrogens (primary N) is 1. The topological polar surface area (TPSA) is 49.5 Å². The van der Waals surface area contributed by atoms with Crippen LogP contribution in [0.25, 0.3) is 0 Å². The van der Waals surface area contributed by atoms with E-state index in [0.29, 0.717) is 6.54 Å². The molecule has 0 spiro atoms. The van der Waals surface area contributed by atoms with Crippen LogP contribution in [0.2, 0.25) is 0 Å². The molecule has 3 N–H and O–H groups in total. The second-order valence-electron chi connectivity index (χ2n) is 4.37. The van der Waals surface area contributed by atoms with Gasteiger partial charge in [-0.1, -0.05) is 18.2 Å². The van der Waals surface area contributed by atoms with E-state index in [1.54, 1.807) is 0 Å². The average Bonchev–Trinajstić information content (AvgIpc) is 2.85. The summed E-state index contributed by atoms with van der Waals surface area (Å²) in [5.41, 5.74) is 8.15. The van der Waals surface area contributed by atoms with E-state index < -0.39 is 0 Å². The average molecular weight is 220 g/mol. The Labute approximate surface area is 96.9 Å². The molecule has 0 aliphatic carbocycles. The Kier molecular flexibility index (Phi) is 3.80. The molecule has 1 aliphatic rings. The van der Waals surface area contributed by atoms with Crippen molar-refractivity contribution in [2.45, 2.75) is 18.8 Å². The van der Waals surface area contributed by atoms with Gasteiger partial charge in [0.25, 0.3) is 0 Å². The second-order valence-corrected chi connectivity index (χ2v) is 4.37. The van der Waals surface area contributed by atoms with Gasteiger partial charge in [-0.25, -0.2) is 0 Å². The van der Waals surface area contributed by atoms with E-state index >= 15 is 0 Å². The maximum atomic E-state index is 9.35. The maximum absolute atomic E-state index is 9.35. The monoisotopic (exact) mass is 220 g/mol. The van der Waals surface area contributed by atoms with E-state index in [4.69, 9.17) is 5.73 Å². The van der Waals surface area contributed by atoms with Crippen molar-refractivity contribution in [1.82, 2.24) is 0 Å². The fraction of sp³-hybridized carbons (Fsp3) is 0.538. The van der Waals surface area contributed by atoms with Crippen LogP contribution in [-0.4, -0.2) is 31.3 Å². The molecule has 3 heteroatoms. The molecule has 1 aromatic carbocycles. The van der Waals surface area contributed by atoms with Crippen molar-refractivity contribution in [2.75, 3.05) is 31.1 Å². The first-order valence-electron chi connectivity index (χ1n) is 6.01. The molecule has 1 heterocycles. The Morgan fingerprint density at radius 3 is 2.56 bits per heavy atom. The molecule has 0 saturated carbocycles. The number of rotatable bonds is 4. The van der Waals surface area contributed by atoms with E-state index in [1.807, 2.05) is 6.07 Å². The summed E-state index contributed by atoms with van der Waals surface area (Å²) in [5.74, 6) is 0.0665. The largest absolute Gasteiger partial charge is 0.396 e. The quantitative estimate of drug-likeness (QED) is 0.804. The molecular formula is C13H20N2O. The third-order valence-electron chi connectivity index (χ3n) is 3.33. The summed E-state index contributed by atoms with van der Waals surface area (Å²) in [6, 6.07) is 8.30. The first-order valence-corrected chi connectivity index (χ1v) is 6.01. The summed E-state index contributed by atoms with van der Waals surface area (Å²) in [4.78, 5) is 2.40. The van der Waals surface area contributed by atoms with Crippen molar-refractivity contribution in [2.24, 2.45) is 5.73 Å². The molecule has 1 atom stereocenters. The first kappa shape index (κ1) is 11.4. The van der Waals surface area contributed by atoms with Crippen LogP contribution in [0.4, 0.5) is 5.69 Å². The standard InChI is InChI=1S/C13H20N2O/c14-9-11(10-16)12-5-1-2-6-13(12)15-7-3-4-8-15/h1-2,5-6,11,16H,3-4,7-10,14H2. The second kappa shape index (κ2) is 5.32. The number of hydrogen-bond donors (Lipinski definition) is 2. The van der Waals surface area contributed by atoms with Crippen LogP contribution in [0.15, 0.2) is 24.3 Å². The zero-order valence-electron chi connectivity index (χ0n) is 9.60. The van der Waals surface area contributed by atoms with E-state index in [-0.39, 0.29) is 12.5 Å². The summed E-state index contributed by atoms with van der Waals surface area (Å²) in [6.07, 6.45) is 2.53. The van der Waals surface area contributed by atoms with Crippen LogP contribution in [0.3, 0.4) is 0 Å². The number of hydrogen-bond acceptors (Lipinski definition) is 3. The number of benzene rings is 1. The lowest BCUT2D eigenvalue weighted by atomic mass is 9.97. The molecule has 0 radical (unpaired) electrons. The van der Waals surface area contributed by atoms with Crippen molar-refractivity contribution >= 4 is 5.69 Å². The van der Waals surface area contributed by atoms with Crippen molar-refractivity contribution in [3.8, 4) is 0 Å². The van der Waals surface area contributed by atoms with Gasteiger partial charge in [0.15, 0.2) is 0 Å².